The summed E-state index contributed by atoms with van der Waals surface area (Å²) < 4.78 is 1.86. The first-order chi connectivity index (χ1) is 12.2. The summed E-state index contributed by atoms with van der Waals surface area (Å²) in [6.45, 7) is 1.98. The molecule has 0 saturated heterocycles. The van der Waals surface area contributed by atoms with E-state index in [0.717, 1.165) is 39.4 Å². The average molecular weight is 327 g/mol. The molecular weight excluding hydrogens is 310 g/mol. The van der Waals surface area contributed by atoms with Crippen LogP contribution in [-0.2, 0) is 0 Å². The molecular formula is C20H17N5. The zero-order chi connectivity index (χ0) is 17.2. The van der Waals surface area contributed by atoms with Crippen LogP contribution >= 0.6 is 0 Å². The van der Waals surface area contributed by atoms with Crippen molar-refractivity contribution >= 4 is 17.1 Å². The quantitative estimate of drug-likeness (QED) is 0.537. The second-order valence-corrected chi connectivity index (χ2v) is 5.80. The van der Waals surface area contributed by atoms with Gasteiger partial charge in [-0.3, -0.25) is 4.99 Å². The van der Waals surface area contributed by atoms with Gasteiger partial charge >= 0.3 is 0 Å². The molecule has 0 aliphatic carbocycles. The molecule has 4 rings (SSSR count). The molecule has 0 amide bonds. The number of fused-ring (bicyclic) bond motifs is 1. The molecule has 0 unspecified atom stereocenters. The number of hydrogen-bond donors (Lipinski definition) is 0. The summed E-state index contributed by atoms with van der Waals surface area (Å²) in [5.74, 6) is 0.812. The summed E-state index contributed by atoms with van der Waals surface area (Å²) in [5, 5.41) is 5.57. The third-order valence-corrected chi connectivity index (χ3v) is 3.99. The molecule has 0 saturated carbocycles. The third-order valence-electron chi connectivity index (χ3n) is 3.99. The number of nitrogens with zero attached hydrogens (tertiary/aromatic N) is 5. The van der Waals surface area contributed by atoms with Gasteiger partial charge in [-0.15, -0.1) is 0 Å². The Balaban J connectivity index is 1.85. The average Bonchev–Trinajstić information content (AvgIpc) is 3.05. The van der Waals surface area contributed by atoms with Gasteiger partial charge in [0.2, 0.25) is 0 Å². The number of aryl methyl sites for hydroxylation is 1. The molecule has 5 heteroatoms. The monoisotopic (exact) mass is 327 g/mol. The smallest absolute Gasteiger partial charge is 0.154 e. The van der Waals surface area contributed by atoms with Crippen molar-refractivity contribution in [3.05, 3.63) is 72.2 Å². The number of aromatic nitrogens is 4. The molecule has 0 aliphatic heterocycles. The normalized spacial score (nSPS) is 11.4. The third kappa shape index (κ3) is 2.92. The minimum absolute atomic E-state index is 0.812. The lowest BCUT2D eigenvalue weighted by Gasteiger charge is -2.06. The molecule has 4 aromatic rings. The molecule has 0 spiro atoms. The number of rotatable bonds is 3. The molecule has 5 nitrogen and oxygen atoms in total. The highest BCUT2D eigenvalue weighted by molar-refractivity contribution is 5.85. The molecule has 3 heterocycles. The number of hydrogen-bond acceptors (Lipinski definition) is 4. The van der Waals surface area contributed by atoms with Gasteiger partial charge in [-0.25, -0.2) is 14.6 Å². The molecule has 0 fully saturated rings. The Kier molecular flexibility index (Phi) is 3.82. The minimum atomic E-state index is 0.812. The highest BCUT2D eigenvalue weighted by Crippen LogP contribution is 2.24. The van der Waals surface area contributed by atoms with Crippen LogP contribution in [0, 0.1) is 6.92 Å². The van der Waals surface area contributed by atoms with Crippen molar-refractivity contribution in [1.82, 2.24) is 19.7 Å². The second-order valence-electron chi connectivity index (χ2n) is 5.80. The van der Waals surface area contributed by atoms with Crippen molar-refractivity contribution in [1.29, 1.82) is 0 Å². The zero-order valence-electron chi connectivity index (χ0n) is 14.1. The largest absolute Gasteiger partial charge is 0.294 e. The molecule has 1 aromatic carbocycles. The Labute approximate surface area is 145 Å². The topological polar surface area (TPSA) is 56.0 Å². The minimum Gasteiger partial charge on any atom is -0.294 e. The Morgan fingerprint density at radius 2 is 1.88 bits per heavy atom. The number of pyridine rings is 2. The molecule has 0 aliphatic rings. The van der Waals surface area contributed by atoms with Gasteiger partial charge in [0.25, 0.3) is 0 Å². The summed E-state index contributed by atoms with van der Waals surface area (Å²) in [7, 11) is 1.74. The highest BCUT2D eigenvalue weighted by Gasteiger charge is 2.09. The van der Waals surface area contributed by atoms with E-state index < -0.39 is 0 Å². The summed E-state index contributed by atoms with van der Waals surface area (Å²) in [4.78, 5) is 13.3. The summed E-state index contributed by atoms with van der Waals surface area (Å²) in [6, 6.07) is 18.1. The molecule has 3 aromatic heterocycles. The first-order valence-electron chi connectivity index (χ1n) is 8.06. The summed E-state index contributed by atoms with van der Waals surface area (Å²) in [5.41, 5.74) is 4.75. The highest BCUT2D eigenvalue weighted by atomic mass is 15.3. The Morgan fingerprint density at radius 1 is 1.00 bits per heavy atom. The maximum absolute atomic E-state index is 4.65. The zero-order valence-corrected chi connectivity index (χ0v) is 14.1. The van der Waals surface area contributed by atoms with Crippen molar-refractivity contribution < 1.29 is 0 Å². The van der Waals surface area contributed by atoms with Crippen molar-refractivity contribution in [3.63, 3.8) is 0 Å². The molecule has 0 bridgehead atoms. The van der Waals surface area contributed by atoms with Crippen LogP contribution < -0.4 is 0 Å². The van der Waals surface area contributed by atoms with Crippen molar-refractivity contribution in [3.8, 4) is 17.1 Å². The van der Waals surface area contributed by atoms with E-state index in [9.17, 15) is 0 Å². The Morgan fingerprint density at radius 3 is 2.72 bits per heavy atom. The van der Waals surface area contributed by atoms with Gasteiger partial charge in [0.05, 0.1) is 23.1 Å². The van der Waals surface area contributed by atoms with E-state index in [1.54, 1.807) is 13.3 Å². The lowest BCUT2D eigenvalue weighted by Crippen LogP contribution is -2.00. The number of aliphatic imine (C=N–C) groups is 1. The predicted molar refractivity (Wildman–Crippen MR) is 100 cm³/mol. The van der Waals surface area contributed by atoms with Crippen LogP contribution in [0.2, 0.25) is 0 Å². The number of benzene rings is 1. The summed E-state index contributed by atoms with van der Waals surface area (Å²) in [6.07, 6.45) is 3.61. The van der Waals surface area contributed by atoms with Gasteiger partial charge in [-0.05, 0) is 37.3 Å². The van der Waals surface area contributed by atoms with E-state index in [4.69, 9.17) is 0 Å². The maximum atomic E-state index is 4.65. The van der Waals surface area contributed by atoms with E-state index in [1.807, 2.05) is 54.2 Å². The van der Waals surface area contributed by atoms with Crippen LogP contribution in [0.1, 0.15) is 11.4 Å². The van der Waals surface area contributed by atoms with Crippen molar-refractivity contribution in [2.45, 2.75) is 6.92 Å². The van der Waals surface area contributed by atoms with Crippen LogP contribution in [0.5, 0.6) is 0 Å². The van der Waals surface area contributed by atoms with Crippen molar-refractivity contribution in [2.75, 3.05) is 7.05 Å². The summed E-state index contributed by atoms with van der Waals surface area (Å²) >= 11 is 0. The van der Waals surface area contributed by atoms with E-state index >= 15 is 0 Å². The first-order valence-corrected chi connectivity index (χ1v) is 8.06. The maximum Gasteiger partial charge on any atom is 0.154 e. The van der Waals surface area contributed by atoms with E-state index in [0.29, 0.717) is 0 Å². The van der Waals surface area contributed by atoms with Gasteiger partial charge in [-0.2, -0.15) is 5.10 Å². The lowest BCUT2D eigenvalue weighted by atomic mass is 10.1. The van der Waals surface area contributed by atoms with E-state index in [-0.39, 0.29) is 0 Å². The molecule has 0 atom stereocenters. The molecule has 25 heavy (non-hydrogen) atoms. The van der Waals surface area contributed by atoms with Gasteiger partial charge in [0.15, 0.2) is 5.82 Å². The van der Waals surface area contributed by atoms with Gasteiger partial charge in [0.1, 0.15) is 0 Å². The standard InChI is InChI=1S/C20H17N5/c1-14-5-3-8-20(23-14)25-19-11-15(9-10-16(19)12-22-25)18-7-4-6-17(24-18)13-21-2/h3-13H,1-2H3. The predicted octanol–water partition coefficient (Wildman–Crippen LogP) is 3.84. The van der Waals surface area contributed by atoms with E-state index in [2.05, 4.69) is 38.3 Å². The fourth-order valence-electron chi connectivity index (χ4n) is 2.82. The Hall–Kier alpha value is -3.34. The first kappa shape index (κ1) is 15.2. The Bertz CT molecular complexity index is 1080. The molecule has 0 radical (unpaired) electrons. The molecule has 122 valence electrons. The van der Waals surface area contributed by atoms with Gasteiger partial charge < -0.3 is 0 Å². The lowest BCUT2D eigenvalue weighted by molar-refractivity contribution is 0.867. The van der Waals surface area contributed by atoms with Gasteiger partial charge in [-0.1, -0.05) is 24.3 Å². The van der Waals surface area contributed by atoms with Crippen LogP contribution in [0.15, 0.2) is 65.8 Å². The van der Waals surface area contributed by atoms with Crippen molar-refractivity contribution in [2.24, 2.45) is 4.99 Å². The van der Waals surface area contributed by atoms with Gasteiger partial charge in [0, 0.05) is 29.9 Å². The van der Waals surface area contributed by atoms with E-state index in [1.165, 1.54) is 0 Å². The van der Waals surface area contributed by atoms with Crippen LogP contribution in [-0.4, -0.2) is 33.0 Å². The van der Waals surface area contributed by atoms with Crippen LogP contribution in [0.25, 0.3) is 28.0 Å². The van der Waals surface area contributed by atoms with Crippen LogP contribution in [0.3, 0.4) is 0 Å². The SMILES string of the molecule is CN=Cc1cccc(-c2ccc3cnn(-c4cccc(C)n4)c3c2)n1. The fourth-order valence-corrected chi connectivity index (χ4v) is 2.82. The second kappa shape index (κ2) is 6.28. The molecule has 0 N–H and O–H groups in total. The van der Waals surface area contributed by atoms with Crippen LogP contribution in [0.4, 0.5) is 0 Å². The fraction of sp³-hybridized carbons (Fsp3) is 0.100.